The molecule has 96 valence electrons. The topological polar surface area (TPSA) is 29.3 Å². The van der Waals surface area contributed by atoms with Crippen molar-refractivity contribution in [2.45, 2.75) is 18.9 Å². The first-order valence-corrected chi connectivity index (χ1v) is 5.46. The van der Waals surface area contributed by atoms with Crippen LogP contribution in [0.2, 0.25) is 0 Å². The second kappa shape index (κ2) is 6.61. The summed E-state index contributed by atoms with van der Waals surface area (Å²) in [6.07, 6.45) is -1.77. The maximum atomic E-state index is 12.7. The van der Waals surface area contributed by atoms with E-state index in [2.05, 4.69) is 0 Å². The molecule has 0 spiro atoms. The minimum atomic E-state index is -2.33. The van der Waals surface area contributed by atoms with Crippen molar-refractivity contribution in [1.29, 1.82) is 0 Å². The number of benzene rings is 1. The summed E-state index contributed by atoms with van der Waals surface area (Å²) in [5.74, 6) is -0.309. The summed E-state index contributed by atoms with van der Waals surface area (Å²) in [5, 5.41) is 0. The second-order valence-electron chi connectivity index (χ2n) is 4.10. The fraction of sp³-hybridized carbons (Fsp3) is 0.500. The predicted octanol–water partition coefficient (Wildman–Crippen LogP) is 2.41. The fourth-order valence-corrected chi connectivity index (χ4v) is 1.56. The van der Waals surface area contributed by atoms with E-state index in [9.17, 15) is 13.2 Å². The normalized spacial score (nSPS) is 13.4. The van der Waals surface area contributed by atoms with E-state index in [-0.39, 0.29) is 18.4 Å². The van der Waals surface area contributed by atoms with Gasteiger partial charge in [0.25, 0.3) is 6.43 Å². The zero-order chi connectivity index (χ0) is 12.8. The monoisotopic (exact) mass is 246 g/mol. The van der Waals surface area contributed by atoms with Gasteiger partial charge in [-0.1, -0.05) is 12.1 Å². The standard InChI is InChI=1S/C12H17F3N2/c1-17(8-12(14)15)7-6-11(16)9-2-4-10(13)5-3-9/h2-5,11-12H,6-8,16H2,1H3. The Labute approximate surface area is 99.2 Å². The molecule has 0 radical (unpaired) electrons. The average Bonchev–Trinajstić information content (AvgIpc) is 2.26. The number of halogens is 3. The van der Waals surface area contributed by atoms with E-state index in [1.54, 1.807) is 19.2 Å². The Balaban J connectivity index is 2.39. The largest absolute Gasteiger partial charge is 0.324 e. The maximum Gasteiger partial charge on any atom is 0.251 e. The second-order valence-corrected chi connectivity index (χ2v) is 4.10. The van der Waals surface area contributed by atoms with Crippen molar-refractivity contribution >= 4 is 0 Å². The van der Waals surface area contributed by atoms with Gasteiger partial charge in [0.1, 0.15) is 5.82 Å². The fourth-order valence-electron chi connectivity index (χ4n) is 1.56. The number of rotatable bonds is 6. The predicted molar refractivity (Wildman–Crippen MR) is 61.4 cm³/mol. The van der Waals surface area contributed by atoms with Gasteiger partial charge in [-0.3, -0.25) is 0 Å². The lowest BCUT2D eigenvalue weighted by molar-refractivity contribution is 0.0990. The molecule has 1 aromatic rings. The summed E-state index contributed by atoms with van der Waals surface area (Å²) in [6.45, 7) is 0.235. The van der Waals surface area contributed by atoms with Gasteiger partial charge in [0, 0.05) is 6.04 Å². The highest BCUT2D eigenvalue weighted by Gasteiger charge is 2.10. The van der Waals surface area contributed by atoms with Crippen LogP contribution in [0.5, 0.6) is 0 Å². The Morgan fingerprint density at radius 2 is 1.82 bits per heavy atom. The third kappa shape index (κ3) is 5.19. The first-order valence-electron chi connectivity index (χ1n) is 5.46. The summed E-state index contributed by atoms with van der Waals surface area (Å²) in [5.41, 5.74) is 6.70. The third-order valence-corrected chi connectivity index (χ3v) is 2.57. The summed E-state index contributed by atoms with van der Waals surface area (Å²) in [4.78, 5) is 1.54. The molecule has 0 aliphatic carbocycles. The zero-order valence-corrected chi connectivity index (χ0v) is 9.74. The van der Waals surface area contributed by atoms with Gasteiger partial charge in [0.2, 0.25) is 0 Å². The lowest BCUT2D eigenvalue weighted by Gasteiger charge is -2.19. The SMILES string of the molecule is CN(CCC(N)c1ccc(F)cc1)CC(F)F. The van der Waals surface area contributed by atoms with Crippen molar-refractivity contribution in [2.75, 3.05) is 20.1 Å². The lowest BCUT2D eigenvalue weighted by Crippen LogP contribution is -2.28. The number of alkyl halides is 2. The highest BCUT2D eigenvalue weighted by atomic mass is 19.3. The molecule has 1 rings (SSSR count). The van der Waals surface area contributed by atoms with Crippen molar-refractivity contribution in [2.24, 2.45) is 5.73 Å². The van der Waals surface area contributed by atoms with Crippen molar-refractivity contribution in [3.05, 3.63) is 35.6 Å². The zero-order valence-electron chi connectivity index (χ0n) is 9.74. The maximum absolute atomic E-state index is 12.7. The minimum Gasteiger partial charge on any atom is -0.324 e. The molecule has 1 atom stereocenters. The molecule has 0 saturated carbocycles. The first kappa shape index (κ1) is 14.0. The molecule has 0 heterocycles. The number of nitrogens with two attached hydrogens (primary N) is 1. The quantitative estimate of drug-likeness (QED) is 0.835. The van der Waals surface area contributed by atoms with Crippen LogP contribution in [0.25, 0.3) is 0 Å². The van der Waals surface area contributed by atoms with Gasteiger partial charge in [0.15, 0.2) is 0 Å². The number of hydrogen-bond donors (Lipinski definition) is 1. The van der Waals surface area contributed by atoms with E-state index in [0.29, 0.717) is 13.0 Å². The number of hydrogen-bond acceptors (Lipinski definition) is 2. The molecule has 0 saturated heterocycles. The van der Waals surface area contributed by atoms with Gasteiger partial charge in [-0.15, -0.1) is 0 Å². The molecule has 0 bridgehead atoms. The van der Waals surface area contributed by atoms with Gasteiger partial charge >= 0.3 is 0 Å². The molecule has 1 unspecified atom stereocenters. The van der Waals surface area contributed by atoms with Crippen LogP contribution < -0.4 is 5.73 Å². The van der Waals surface area contributed by atoms with Gasteiger partial charge in [-0.2, -0.15) is 0 Å². The third-order valence-electron chi connectivity index (χ3n) is 2.57. The van der Waals surface area contributed by atoms with Crippen LogP contribution in [0.15, 0.2) is 24.3 Å². The van der Waals surface area contributed by atoms with Crippen LogP contribution in [0.4, 0.5) is 13.2 Å². The summed E-state index contributed by atoms with van der Waals surface area (Å²) in [6, 6.07) is 5.67. The molecule has 0 aliphatic heterocycles. The van der Waals surface area contributed by atoms with E-state index in [1.165, 1.54) is 17.0 Å². The molecule has 0 aliphatic rings. The van der Waals surface area contributed by atoms with Crippen molar-refractivity contribution in [1.82, 2.24) is 4.90 Å². The molecule has 0 amide bonds. The van der Waals surface area contributed by atoms with Crippen molar-refractivity contribution < 1.29 is 13.2 Å². The molecule has 5 heteroatoms. The molecule has 0 fully saturated rings. The van der Waals surface area contributed by atoms with Crippen molar-refractivity contribution in [3.63, 3.8) is 0 Å². The molecule has 17 heavy (non-hydrogen) atoms. The lowest BCUT2D eigenvalue weighted by atomic mass is 10.0. The Morgan fingerprint density at radius 3 is 2.35 bits per heavy atom. The molecule has 0 aromatic heterocycles. The summed E-state index contributed by atoms with van der Waals surface area (Å²) in [7, 11) is 1.63. The highest BCUT2D eigenvalue weighted by molar-refractivity contribution is 5.19. The molecular weight excluding hydrogens is 229 g/mol. The van der Waals surface area contributed by atoms with Gasteiger partial charge in [-0.25, -0.2) is 13.2 Å². The Kier molecular flexibility index (Phi) is 5.44. The van der Waals surface area contributed by atoms with Gasteiger partial charge in [0.05, 0.1) is 6.54 Å². The summed E-state index contributed by atoms with van der Waals surface area (Å²) >= 11 is 0. The average molecular weight is 246 g/mol. The van der Waals surface area contributed by atoms with E-state index in [0.717, 1.165) is 5.56 Å². The van der Waals surface area contributed by atoms with Gasteiger partial charge < -0.3 is 10.6 Å². The Hall–Kier alpha value is -1.07. The van der Waals surface area contributed by atoms with E-state index < -0.39 is 6.43 Å². The number of nitrogens with zero attached hydrogens (tertiary/aromatic N) is 1. The molecule has 2 N–H and O–H groups in total. The Bertz CT molecular complexity index is 327. The van der Waals surface area contributed by atoms with E-state index in [1.807, 2.05) is 0 Å². The van der Waals surface area contributed by atoms with Crippen LogP contribution in [-0.4, -0.2) is 31.5 Å². The smallest absolute Gasteiger partial charge is 0.251 e. The molecule has 1 aromatic carbocycles. The van der Waals surface area contributed by atoms with Crippen LogP contribution in [0.1, 0.15) is 18.0 Å². The van der Waals surface area contributed by atoms with E-state index >= 15 is 0 Å². The van der Waals surface area contributed by atoms with Crippen LogP contribution >= 0.6 is 0 Å². The van der Waals surface area contributed by atoms with Gasteiger partial charge in [-0.05, 0) is 37.7 Å². The Morgan fingerprint density at radius 1 is 1.24 bits per heavy atom. The first-order chi connectivity index (χ1) is 7.99. The highest BCUT2D eigenvalue weighted by Crippen LogP contribution is 2.14. The molecule has 2 nitrogen and oxygen atoms in total. The minimum absolute atomic E-state index is 0.254. The van der Waals surface area contributed by atoms with Crippen LogP contribution in [-0.2, 0) is 0 Å². The summed E-state index contributed by atoms with van der Waals surface area (Å²) < 4.78 is 36.8. The van der Waals surface area contributed by atoms with E-state index in [4.69, 9.17) is 5.73 Å². The van der Waals surface area contributed by atoms with Crippen LogP contribution in [0.3, 0.4) is 0 Å². The molecular formula is C12H17F3N2. The van der Waals surface area contributed by atoms with Crippen molar-refractivity contribution in [3.8, 4) is 0 Å². The van der Waals surface area contributed by atoms with Crippen LogP contribution in [0, 0.1) is 5.82 Å².